The minimum Gasteiger partial charge on any atom is -0.478 e. The zero-order chi connectivity index (χ0) is 14.4. The first kappa shape index (κ1) is 13.6. The second-order valence-corrected chi connectivity index (χ2v) is 4.20. The van der Waals surface area contributed by atoms with Crippen molar-refractivity contribution in [2.75, 3.05) is 5.32 Å². The van der Waals surface area contributed by atoms with Gasteiger partial charge in [0.2, 0.25) is 0 Å². The van der Waals surface area contributed by atoms with E-state index in [4.69, 9.17) is 10.8 Å². The number of nitrogens with zero attached hydrogens (tertiary/aromatic N) is 1. The summed E-state index contributed by atoms with van der Waals surface area (Å²) in [4.78, 5) is 15.1. The van der Waals surface area contributed by atoms with Gasteiger partial charge in [0.1, 0.15) is 0 Å². The molecule has 0 radical (unpaired) electrons. The molecule has 0 amide bonds. The van der Waals surface area contributed by atoms with Gasteiger partial charge in [-0.05, 0) is 23.8 Å². The van der Waals surface area contributed by atoms with Crippen LogP contribution in [0.5, 0.6) is 0 Å². The first-order valence-electron chi connectivity index (χ1n) is 6.09. The minimum absolute atomic E-state index is 0.200. The SMILES string of the molecule is NC(=NCc1ccccc1)Nc1cccc(C(=O)O)c1. The maximum atomic E-state index is 10.9. The highest BCUT2D eigenvalue weighted by Gasteiger charge is 2.03. The summed E-state index contributed by atoms with van der Waals surface area (Å²) in [5.41, 5.74) is 7.62. The fraction of sp³-hybridized carbons (Fsp3) is 0.0667. The lowest BCUT2D eigenvalue weighted by molar-refractivity contribution is 0.0697. The molecular weight excluding hydrogens is 254 g/mol. The van der Waals surface area contributed by atoms with Crippen LogP contribution in [0.1, 0.15) is 15.9 Å². The molecule has 2 aromatic carbocycles. The molecule has 5 nitrogen and oxygen atoms in total. The lowest BCUT2D eigenvalue weighted by Gasteiger charge is -2.06. The molecule has 0 unspecified atom stereocenters. The largest absolute Gasteiger partial charge is 0.478 e. The van der Waals surface area contributed by atoms with Crippen molar-refractivity contribution in [3.63, 3.8) is 0 Å². The molecule has 0 spiro atoms. The van der Waals surface area contributed by atoms with E-state index in [9.17, 15) is 4.79 Å². The Kier molecular flexibility index (Phi) is 4.34. The van der Waals surface area contributed by atoms with E-state index in [0.717, 1.165) is 5.56 Å². The Morgan fingerprint density at radius 3 is 2.60 bits per heavy atom. The summed E-state index contributed by atoms with van der Waals surface area (Å²) in [6, 6.07) is 16.1. The Bertz CT molecular complexity index is 624. The first-order chi connectivity index (χ1) is 9.65. The zero-order valence-corrected chi connectivity index (χ0v) is 10.8. The van der Waals surface area contributed by atoms with Crippen molar-refractivity contribution in [3.05, 3.63) is 65.7 Å². The number of aliphatic imine (C=N–C) groups is 1. The average Bonchev–Trinajstić information content (AvgIpc) is 2.46. The lowest BCUT2D eigenvalue weighted by atomic mass is 10.2. The highest BCUT2D eigenvalue weighted by Crippen LogP contribution is 2.10. The summed E-state index contributed by atoms with van der Waals surface area (Å²) in [6.07, 6.45) is 0. The van der Waals surface area contributed by atoms with Gasteiger partial charge in [-0.25, -0.2) is 9.79 Å². The molecule has 2 aromatic rings. The number of carboxylic acids is 1. The summed E-state index contributed by atoms with van der Waals surface area (Å²) in [6.45, 7) is 0.471. The topological polar surface area (TPSA) is 87.7 Å². The van der Waals surface area contributed by atoms with Gasteiger partial charge < -0.3 is 16.2 Å². The van der Waals surface area contributed by atoms with Crippen LogP contribution in [0.15, 0.2) is 59.6 Å². The van der Waals surface area contributed by atoms with Gasteiger partial charge >= 0.3 is 5.97 Å². The van der Waals surface area contributed by atoms with E-state index >= 15 is 0 Å². The molecule has 102 valence electrons. The van der Waals surface area contributed by atoms with Crippen LogP contribution in [0.4, 0.5) is 5.69 Å². The number of nitrogens with one attached hydrogen (secondary N) is 1. The second kappa shape index (κ2) is 6.38. The van der Waals surface area contributed by atoms with Crippen LogP contribution in [-0.2, 0) is 6.54 Å². The number of guanidine groups is 1. The molecule has 0 atom stereocenters. The summed E-state index contributed by atoms with van der Waals surface area (Å²) in [7, 11) is 0. The third-order valence-electron chi connectivity index (χ3n) is 2.66. The van der Waals surface area contributed by atoms with Gasteiger partial charge in [-0.2, -0.15) is 0 Å². The smallest absolute Gasteiger partial charge is 0.335 e. The molecule has 5 heteroatoms. The van der Waals surface area contributed by atoms with Gasteiger partial charge in [0, 0.05) is 5.69 Å². The first-order valence-corrected chi connectivity index (χ1v) is 6.09. The number of anilines is 1. The Morgan fingerprint density at radius 2 is 1.90 bits per heavy atom. The molecule has 0 aliphatic carbocycles. The molecule has 4 N–H and O–H groups in total. The summed E-state index contributed by atoms with van der Waals surface area (Å²) in [5, 5.41) is 11.8. The van der Waals surface area contributed by atoms with Gasteiger partial charge in [0.15, 0.2) is 5.96 Å². The highest BCUT2D eigenvalue weighted by molar-refractivity contribution is 5.94. The van der Waals surface area contributed by atoms with Crippen LogP contribution in [0.25, 0.3) is 0 Å². The molecule has 20 heavy (non-hydrogen) atoms. The Balaban J connectivity index is 2.02. The van der Waals surface area contributed by atoms with Crippen LogP contribution < -0.4 is 11.1 Å². The molecule has 0 saturated carbocycles. The maximum Gasteiger partial charge on any atom is 0.335 e. The molecule has 2 rings (SSSR count). The van der Waals surface area contributed by atoms with Crippen molar-refractivity contribution in [3.8, 4) is 0 Å². The summed E-state index contributed by atoms with van der Waals surface area (Å²) >= 11 is 0. The Hall–Kier alpha value is -2.82. The normalized spacial score (nSPS) is 11.1. The molecule has 0 bridgehead atoms. The predicted octanol–water partition coefficient (Wildman–Crippen LogP) is 2.31. The Labute approximate surface area is 116 Å². The van der Waals surface area contributed by atoms with E-state index < -0.39 is 5.97 Å². The third-order valence-corrected chi connectivity index (χ3v) is 2.66. The second-order valence-electron chi connectivity index (χ2n) is 4.20. The number of nitrogens with two attached hydrogens (primary N) is 1. The lowest BCUT2D eigenvalue weighted by Crippen LogP contribution is -2.22. The summed E-state index contributed by atoms with van der Waals surface area (Å²) in [5.74, 6) is -0.732. The van der Waals surface area contributed by atoms with Crippen molar-refractivity contribution >= 4 is 17.6 Å². The van der Waals surface area contributed by atoms with Crippen molar-refractivity contribution in [1.82, 2.24) is 0 Å². The maximum absolute atomic E-state index is 10.9. The van der Waals surface area contributed by atoms with Crippen molar-refractivity contribution in [1.29, 1.82) is 0 Å². The van der Waals surface area contributed by atoms with Crippen LogP contribution in [0.3, 0.4) is 0 Å². The van der Waals surface area contributed by atoms with Crippen molar-refractivity contribution in [2.24, 2.45) is 10.7 Å². The van der Waals surface area contributed by atoms with Crippen LogP contribution in [0.2, 0.25) is 0 Å². The summed E-state index contributed by atoms with van der Waals surface area (Å²) < 4.78 is 0. The standard InChI is InChI=1S/C15H15N3O2/c16-15(17-10-11-5-2-1-3-6-11)18-13-8-4-7-12(9-13)14(19)20/h1-9H,10H2,(H,19,20)(H3,16,17,18). The van der Waals surface area contributed by atoms with E-state index in [2.05, 4.69) is 10.3 Å². The number of aromatic carboxylic acids is 1. The van der Waals surface area contributed by atoms with Crippen LogP contribution >= 0.6 is 0 Å². The quantitative estimate of drug-likeness (QED) is 0.587. The number of carbonyl (C=O) groups is 1. The molecule has 0 saturated heterocycles. The molecular formula is C15H15N3O2. The Morgan fingerprint density at radius 1 is 1.15 bits per heavy atom. The van der Waals surface area contributed by atoms with E-state index in [-0.39, 0.29) is 11.5 Å². The highest BCUT2D eigenvalue weighted by atomic mass is 16.4. The van der Waals surface area contributed by atoms with Gasteiger partial charge in [-0.15, -0.1) is 0 Å². The van der Waals surface area contributed by atoms with Gasteiger partial charge in [-0.3, -0.25) is 0 Å². The average molecular weight is 269 g/mol. The zero-order valence-electron chi connectivity index (χ0n) is 10.8. The van der Waals surface area contributed by atoms with Crippen LogP contribution in [-0.4, -0.2) is 17.0 Å². The monoisotopic (exact) mass is 269 g/mol. The number of carboxylic acid groups (broad SMARTS) is 1. The van der Waals surface area contributed by atoms with E-state index in [0.29, 0.717) is 12.2 Å². The van der Waals surface area contributed by atoms with E-state index in [1.807, 2.05) is 30.3 Å². The molecule has 0 aliphatic heterocycles. The predicted molar refractivity (Wildman–Crippen MR) is 78.8 cm³/mol. The van der Waals surface area contributed by atoms with Gasteiger partial charge in [-0.1, -0.05) is 36.4 Å². The fourth-order valence-corrected chi connectivity index (χ4v) is 1.68. The third kappa shape index (κ3) is 3.84. The number of hydrogen-bond donors (Lipinski definition) is 3. The van der Waals surface area contributed by atoms with E-state index in [1.54, 1.807) is 12.1 Å². The van der Waals surface area contributed by atoms with Crippen molar-refractivity contribution in [2.45, 2.75) is 6.54 Å². The van der Waals surface area contributed by atoms with Gasteiger partial charge in [0.05, 0.1) is 12.1 Å². The number of rotatable bonds is 4. The van der Waals surface area contributed by atoms with Crippen molar-refractivity contribution < 1.29 is 9.90 Å². The number of benzene rings is 2. The molecule has 0 aliphatic rings. The van der Waals surface area contributed by atoms with Gasteiger partial charge in [0.25, 0.3) is 0 Å². The minimum atomic E-state index is -0.978. The van der Waals surface area contributed by atoms with Crippen LogP contribution in [0, 0.1) is 0 Å². The van der Waals surface area contributed by atoms with E-state index in [1.165, 1.54) is 12.1 Å². The molecule has 0 heterocycles. The number of hydrogen-bond acceptors (Lipinski definition) is 2. The molecule has 0 aromatic heterocycles. The molecule has 0 fully saturated rings. The fourth-order valence-electron chi connectivity index (χ4n) is 1.68.